The van der Waals surface area contributed by atoms with Crippen LogP contribution >= 0.6 is 0 Å². The number of aromatic nitrogens is 4. The van der Waals surface area contributed by atoms with Crippen LogP contribution < -0.4 is 5.32 Å². The smallest absolute Gasteiger partial charge is 0.202 e. The molecule has 0 saturated heterocycles. The maximum atomic E-state index is 4.38. The Morgan fingerprint density at radius 3 is 2.32 bits per heavy atom. The summed E-state index contributed by atoms with van der Waals surface area (Å²) in [6.45, 7) is 3.23. The van der Waals surface area contributed by atoms with E-state index in [-0.39, 0.29) is 0 Å². The minimum atomic E-state index is 0.723. The molecule has 22 heavy (non-hydrogen) atoms. The zero-order valence-electron chi connectivity index (χ0n) is 13.8. The quantitative estimate of drug-likeness (QED) is 0.558. The topological polar surface area (TPSA) is 66.5 Å². The van der Waals surface area contributed by atoms with Crippen LogP contribution in [0.3, 0.4) is 0 Å². The van der Waals surface area contributed by atoms with Crippen molar-refractivity contribution in [2.24, 2.45) is 0 Å². The van der Waals surface area contributed by atoms with Crippen molar-refractivity contribution in [3.63, 3.8) is 0 Å². The number of rotatable bonds is 12. The molecule has 0 aliphatic heterocycles. The maximum absolute atomic E-state index is 4.38. The fourth-order valence-corrected chi connectivity index (χ4v) is 2.66. The van der Waals surface area contributed by atoms with Crippen LogP contribution in [-0.2, 0) is 0 Å². The molecule has 0 unspecified atom stereocenters. The number of aromatic amines is 1. The molecule has 2 heterocycles. The lowest BCUT2D eigenvalue weighted by atomic mass is 10.1. The van der Waals surface area contributed by atoms with Crippen LogP contribution in [-0.4, -0.2) is 26.5 Å². The number of unbranched alkanes of at least 4 members (excludes halogenated alkanes) is 9. The molecule has 0 aliphatic rings. The van der Waals surface area contributed by atoms with Gasteiger partial charge in [-0.2, -0.15) is 4.98 Å². The van der Waals surface area contributed by atoms with Crippen molar-refractivity contribution in [1.82, 2.24) is 19.9 Å². The Kier molecular flexibility index (Phi) is 7.70. The van der Waals surface area contributed by atoms with Gasteiger partial charge in [-0.1, -0.05) is 64.7 Å². The van der Waals surface area contributed by atoms with Crippen LogP contribution in [0.5, 0.6) is 0 Å². The van der Waals surface area contributed by atoms with E-state index in [1.54, 1.807) is 6.20 Å². The summed E-state index contributed by atoms with van der Waals surface area (Å²) in [7, 11) is 0. The zero-order chi connectivity index (χ0) is 15.5. The van der Waals surface area contributed by atoms with E-state index in [0.717, 1.165) is 23.7 Å². The monoisotopic (exact) mass is 303 g/mol. The third-order valence-corrected chi connectivity index (χ3v) is 3.98. The van der Waals surface area contributed by atoms with Gasteiger partial charge in [-0.25, -0.2) is 9.97 Å². The van der Waals surface area contributed by atoms with E-state index < -0.39 is 0 Å². The van der Waals surface area contributed by atoms with E-state index in [1.165, 1.54) is 70.5 Å². The lowest BCUT2D eigenvalue weighted by Crippen LogP contribution is -2.02. The standard InChI is InChI=1S/C17H29N5/c1-2-3-4-5-6-7-8-9-10-11-12-19-17-21-15-13-18-14-20-16(15)22-17/h13-14H,2-12H2,1H3,(H2,18,19,20,21,22). The normalized spacial score (nSPS) is 11.1. The highest BCUT2D eigenvalue weighted by Gasteiger charge is 2.02. The van der Waals surface area contributed by atoms with Gasteiger partial charge >= 0.3 is 0 Å². The van der Waals surface area contributed by atoms with Crippen molar-refractivity contribution < 1.29 is 0 Å². The van der Waals surface area contributed by atoms with Gasteiger partial charge in [0, 0.05) is 6.54 Å². The molecular formula is C17H29N5. The first-order valence-electron chi connectivity index (χ1n) is 8.79. The second-order valence-corrected chi connectivity index (χ2v) is 5.95. The molecule has 0 aliphatic carbocycles. The van der Waals surface area contributed by atoms with Crippen LogP contribution in [0, 0.1) is 0 Å². The lowest BCUT2D eigenvalue weighted by molar-refractivity contribution is 0.559. The summed E-state index contributed by atoms with van der Waals surface area (Å²) in [5, 5.41) is 3.32. The summed E-state index contributed by atoms with van der Waals surface area (Å²) in [6, 6.07) is 0. The van der Waals surface area contributed by atoms with Crippen molar-refractivity contribution in [3.05, 3.63) is 12.5 Å². The summed E-state index contributed by atoms with van der Waals surface area (Å²) >= 11 is 0. The van der Waals surface area contributed by atoms with Crippen molar-refractivity contribution in [3.8, 4) is 0 Å². The Labute approximate surface area is 133 Å². The molecule has 0 saturated carbocycles. The van der Waals surface area contributed by atoms with E-state index in [0.29, 0.717) is 0 Å². The van der Waals surface area contributed by atoms with Gasteiger partial charge in [0.25, 0.3) is 0 Å². The highest BCUT2D eigenvalue weighted by Crippen LogP contribution is 2.12. The number of nitrogens with zero attached hydrogens (tertiary/aromatic N) is 3. The average Bonchev–Trinajstić information content (AvgIpc) is 2.95. The van der Waals surface area contributed by atoms with Gasteiger partial charge in [-0.05, 0) is 6.42 Å². The van der Waals surface area contributed by atoms with Crippen LogP contribution in [0.25, 0.3) is 11.2 Å². The molecule has 0 radical (unpaired) electrons. The van der Waals surface area contributed by atoms with E-state index in [1.807, 2.05) is 0 Å². The fraction of sp³-hybridized carbons (Fsp3) is 0.706. The van der Waals surface area contributed by atoms with Crippen LogP contribution in [0.4, 0.5) is 5.95 Å². The summed E-state index contributed by atoms with van der Waals surface area (Å²) in [4.78, 5) is 15.7. The first-order chi connectivity index (χ1) is 10.9. The van der Waals surface area contributed by atoms with Crippen LogP contribution in [0.1, 0.15) is 71.1 Å². The number of imidazole rings is 1. The highest BCUT2D eigenvalue weighted by atomic mass is 15.1. The Morgan fingerprint density at radius 2 is 1.64 bits per heavy atom. The molecule has 2 aromatic rings. The van der Waals surface area contributed by atoms with Crippen LogP contribution in [0.15, 0.2) is 12.5 Å². The average molecular weight is 303 g/mol. The van der Waals surface area contributed by atoms with Crippen molar-refractivity contribution in [1.29, 1.82) is 0 Å². The Balaban J connectivity index is 1.46. The predicted molar refractivity (Wildman–Crippen MR) is 92.0 cm³/mol. The molecule has 0 bridgehead atoms. The molecule has 2 aromatic heterocycles. The molecular weight excluding hydrogens is 274 g/mol. The van der Waals surface area contributed by atoms with Gasteiger partial charge in [0.15, 0.2) is 5.65 Å². The summed E-state index contributed by atoms with van der Waals surface area (Å²) < 4.78 is 0. The third kappa shape index (κ3) is 6.00. The predicted octanol–water partition coefficient (Wildman–Crippen LogP) is 4.69. The minimum Gasteiger partial charge on any atom is -0.356 e. The maximum Gasteiger partial charge on any atom is 0.202 e. The van der Waals surface area contributed by atoms with E-state index in [2.05, 4.69) is 32.2 Å². The lowest BCUT2D eigenvalue weighted by Gasteiger charge is -2.03. The molecule has 5 heteroatoms. The van der Waals surface area contributed by atoms with Crippen molar-refractivity contribution in [2.75, 3.05) is 11.9 Å². The summed E-state index contributed by atoms with van der Waals surface area (Å²) in [5.74, 6) is 0.798. The number of fused-ring (bicyclic) bond motifs is 1. The fourth-order valence-electron chi connectivity index (χ4n) is 2.66. The van der Waals surface area contributed by atoms with Gasteiger partial charge in [0.1, 0.15) is 11.8 Å². The number of H-pyrrole nitrogens is 1. The van der Waals surface area contributed by atoms with Gasteiger partial charge in [-0.15, -0.1) is 0 Å². The highest BCUT2D eigenvalue weighted by molar-refractivity contribution is 5.71. The minimum absolute atomic E-state index is 0.723. The largest absolute Gasteiger partial charge is 0.356 e. The van der Waals surface area contributed by atoms with E-state index >= 15 is 0 Å². The molecule has 0 aromatic carbocycles. The second-order valence-electron chi connectivity index (χ2n) is 5.95. The van der Waals surface area contributed by atoms with Gasteiger partial charge in [0.05, 0.1) is 6.20 Å². The van der Waals surface area contributed by atoms with Gasteiger partial charge < -0.3 is 10.3 Å². The van der Waals surface area contributed by atoms with Crippen LogP contribution in [0.2, 0.25) is 0 Å². The first-order valence-corrected chi connectivity index (χ1v) is 8.79. The molecule has 0 fully saturated rings. The molecule has 5 nitrogen and oxygen atoms in total. The molecule has 0 atom stereocenters. The molecule has 2 N–H and O–H groups in total. The number of hydrogen-bond donors (Lipinski definition) is 2. The second kappa shape index (κ2) is 10.1. The van der Waals surface area contributed by atoms with Crippen molar-refractivity contribution in [2.45, 2.75) is 71.1 Å². The molecule has 0 spiro atoms. The first kappa shape index (κ1) is 16.7. The Morgan fingerprint density at radius 1 is 0.955 bits per heavy atom. The third-order valence-electron chi connectivity index (χ3n) is 3.98. The number of nitrogens with one attached hydrogen (secondary N) is 2. The number of hydrogen-bond acceptors (Lipinski definition) is 4. The van der Waals surface area contributed by atoms with Gasteiger partial charge in [-0.3, -0.25) is 0 Å². The van der Waals surface area contributed by atoms with E-state index in [4.69, 9.17) is 0 Å². The van der Waals surface area contributed by atoms with Gasteiger partial charge in [0.2, 0.25) is 5.95 Å². The number of anilines is 1. The summed E-state index contributed by atoms with van der Waals surface area (Å²) in [5.41, 5.74) is 1.61. The zero-order valence-corrected chi connectivity index (χ0v) is 13.8. The van der Waals surface area contributed by atoms with Crippen molar-refractivity contribution >= 4 is 17.1 Å². The summed E-state index contributed by atoms with van der Waals surface area (Å²) in [6.07, 6.45) is 16.9. The SMILES string of the molecule is CCCCCCCCCCCCNc1nc2ncncc2[nH]1. The Hall–Kier alpha value is -1.65. The Bertz CT molecular complexity index is 489. The van der Waals surface area contributed by atoms with E-state index in [9.17, 15) is 0 Å². The molecule has 122 valence electrons. The molecule has 0 amide bonds. The molecule has 2 rings (SSSR count).